The molecular weight excluding hydrogens is 276 g/mol. The number of hydrogen-bond acceptors (Lipinski definition) is 2. The summed E-state index contributed by atoms with van der Waals surface area (Å²) in [7, 11) is 0. The fourth-order valence-electron chi connectivity index (χ4n) is 1.42. The number of thioether (sulfide) groups is 1. The van der Waals surface area contributed by atoms with E-state index in [1.165, 1.54) is 23.9 Å². The third-order valence-electron chi connectivity index (χ3n) is 2.39. The summed E-state index contributed by atoms with van der Waals surface area (Å²) >= 11 is 7.18. The molecule has 0 fully saturated rings. The van der Waals surface area contributed by atoms with Crippen LogP contribution in [0.25, 0.3) is 0 Å². The molecule has 2 aromatic rings. The highest BCUT2D eigenvalue weighted by Crippen LogP contribution is 2.28. The normalized spacial score (nSPS) is 10.6. The van der Waals surface area contributed by atoms with Crippen molar-refractivity contribution in [1.82, 2.24) is 0 Å². The number of hydrogen-bond donors (Lipinski definition) is 1. The van der Waals surface area contributed by atoms with Crippen molar-refractivity contribution in [2.75, 3.05) is 5.73 Å². The molecular formula is C13H10ClF2NS. The monoisotopic (exact) mass is 285 g/mol. The van der Waals surface area contributed by atoms with Gasteiger partial charge in [-0.15, -0.1) is 11.8 Å². The Hall–Kier alpha value is -1.26. The molecule has 0 aliphatic rings. The largest absolute Gasteiger partial charge is 0.398 e. The van der Waals surface area contributed by atoms with Crippen LogP contribution in [0.2, 0.25) is 5.02 Å². The van der Waals surface area contributed by atoms with Crippen LogP contribution in [0.1, 0.15) is 5.56 Å². The molecule has 2 rings (SSSR count). The average molecular weight is 286 g/mol. The smallest absolute Gasteiger partial charge is 0.159 e. The molecule has 0 heterocycles. The Morgan fingerprint density at radius 1 is 1.06 bits per heavy atom. The van der Waals surface area contributed by atoms with Crippen molar-refractivity contribution in [3.8, 4) is 0 Å². The molecule has 0 spiro atoms. The van der Waals surface area contributed by atoms with Gasteiger partial charge in [0.25, 0.3) is 0 Å². The van der Waals surface area contributed by atoms with E-state index in [-0.39, 0.29) is 0 Å². The van der Waals surface area contributed by atoms with E-state index in [9.17, 15) is 8.78 Å². The Morgan fingerprint density at radius 2 is 1.83 bits per heavy atom. The number of nitrogen functional groups attached to an aromatic ring is 1. The van der Waals surface area contributed by atoms with Gasteiger partial charge in [0.05, 0.1) is 0 Å². The van der Waals surface area contributed by atoms with E-state index in [1.807, 2.05) is 6.07 Å². The molecule has 0 aliphatic heterocycles. The predicted molar refractivity (Wildman–Crippen MR) is 71.8 cm³/mol. The second kappa shape index (κ2) is 5.59. The van der Waals surface area contributed by atoms with Gasteiger partial charge in [0.15, 0.2) is 11.6 Å². The predicted octanol–water partition coefficient (Wildman–Crippen LogP) is 4.49. The first-order valence-electron chi connectivity index (χ1n) is 5.18. The third-order valence-corrected chi connectivity index (χ3v) is 3.67. The van der Waals surface area contributed by atoms with Crippen LogP contribution in [0, 0.1) is 11.6 Å². The maximum atomic E-state index is 13.0. The Balaban J connectivity index is 2.09. The molecule has 0 aromatic heterocycles. The van der Waals surface area contributed by atoms with Gasteiger partial charge in [-0.1, -0.05) is 17.7 Å². The van der Waals surface area contributed by atoms with Crippen molar-refractivity contribution in [2.24, 2.45) is 0 Å². The highest BCUT2D eigenvalue weighted by atomic mass is 35.5. The van der Waals surface area contributed by atoms with Crippen LogP contribution < -0.4 is 5.73 Å². The summed E-state index contributed by atoms with van der Waals surface area (Å²) in [5.41, 5.74) is 7.31. The molecule has 0 radical (unpaired) electrons. The quantitative estimate of drug-likeness (QED) is 0.664. The molecule has 0 saturated carbocycles. The minimum Gasteiger partial charge on any atom is -0.398 e. The minimum absolute atomic E-state index is 0.577. The summed E-state index contributed by atoms with van der Waals surface area (Å²) in [5, 5.41) is 0.578. The van der Waals surface area contributed by atoms with Gasteiger partial charge >= 0.3 is 0 Å². The second-order valence-electron chi connectivity index (χ2n) is 3.71. The van der Waals surface area contributed by atoms with Crippen molar-refractivity contribution in [2.45, 2.75) is 10.6 Å². The van der Waals surface area contributed by atoms with Gasteiger partial charge < -0.3 is 5.73 Å². The highest BCUT2D eigenvalue weighted by Gasteiger charge is 2.05. The summed E-state index contributed by atoms with van der Waals surface area (Å²) in [6, 6.07) is 9.07. The number of anilines is 1. The molecule has 94 valence electrons. The first-order valence-corrected chi connectivity index (χ1v) is 6.54. The van der Waals surface area contributed by atoms with E-state index in [0.717, 1.165) is 11.6 Å². The van der Waals surface area contributed by atoms with E-state index in [2.05, 4.69) is 0 Å². The van der Waals surface area contributed by atoms with Crippen molar-refractivity contribution < 1.29 is 8.78 Å². The van der Waals surface area contributed by atoms with Gasteiger partial charge in [-0.05, 0) is 35.9 Å². The molecule has 2 aromatic carbocycles. The van der Waals surface area contributed by atoms with Crippen molar-refractivity contribution in [3.63, 3.8) is 0 Å². The molecule has 0 aliphatic carbocycles. The summed E-state index contributed by atoms with van der Waals surface area (Å²) in [6.07, 6.45) is 0. The molecule has 0 bridgehead atoms. The summed E-state index contributed by atoms with van der Waals surface area (Å²) in [4.78, 5) is 0.656. The zero-order valence-electron chi connectivity index (χ0n) is 9.29. The number of halogens is 3. The fourth-order valence-corrected chi connectivity index (χ4v) is 2.54. The Kier molecular flexibility index (Phi) is 4.09. The van der Waals surface area contributed by atoms with Crippen LogP contribution in [0.3, 0.4) is 0 Å². The maximum absolute atomic E-state index is 13.0. The summed E-state index contributed by atoms with van der Waals surface area (Å²) in [5.74, 6) is -1.11. The molecule has 0 amide bonds. The maximum Gasteiger partial charge on any atom is 0.159 e. The van der Waals surface area contributed by atoms with Gasteiger partial charge in [0.2, 0.25) is 0 Å². The van der Waals surface area contributed by atoms with Crippen molar-refractivity contribution in [3.05, 3.63) is 58.6 Å². The van der Waals surface area contributed by atoms with Gasteiger partial charge in [0.1, 0.15) is 0 Å². The zero-order chi connectivity index (χ0) is 13.1. The van der Waals surface area contributed by atoms with Crippen LogP contribution in [0.15, 0.2) is 41.3 Å². The Labute approximate surface area is 113 Å². The van der Waals surface area contributed by atoms with Crippen LogP contribution in [0.5, 0.6) is 0 Å². The summed E-state index contributed by atoms with van der Waals surface area (Å²) < 4.78 is 25.8. The minimum atomic E-state index is -0.843. The first-order chi connectivity index (χ1) is 8.56. The van der Waals surface area contributed by atoms with Crippen LogP contribution in [0.4, 0.5) is 14.5 Å². The number of benzene rings is 2. The zero-order valence-corrected chi connectivity index (χ0v) is 10.9. The van der Waals surface area contributed by atoms with E-state index in [0.29, 0.717) is 21.4 Å². The SMILES string of the molecule is Nc1cc(Cl)ccc1CSc1ccc(F)c(F)c1. The molecule has 0 unspecified atom stereocenters. The van der Waals surface area contributed by atoms with Crippen molar-refractivity contribution >= 4 is 29.1 Å². The molecule has 0 atom stereocenters. The third kappa shape index (κ3) is 3.15. The van der Waals surface area contributed by atoms with Gasteiger partial charge in [-0.3, -0.25) is 0 Å². The standard InChI is InChI=1S/C13H10ClF2NS/c14-9-2-1-8(13(17)5-9)7-18-10-3-4-11(15)12(16)6-10/h1-6H,7,17H2. The van der Waals surface area contributed by atoms with E-state index in [1.54, 1.807) is 12.1 Å². The van der Waals surface area contributed by atoms with Crippen LogP contribution in [-0.4, -0.2) is 0 Å². The molecule has 18 heavy (non-hydrogen) atoms. The van der Waals surface area contributed by atoms with Crippen molar-refractivity contribution in [1.29, 1.82) is 0 Å². The molecule has 5 heteroatoms. The number of nitrogens with two attached hydrogens (primary N) is 1. The van der Waals surface area contributed by atoms with E-state index in [4.69, 9.17) is 17.3 Å². The number of rotatable bonds is 3. The molecule has 0 saturated heterocycles. The molecule has 2 N–H and O–H groups in total. The summed E-state index contributed by atoms with van der Waals surface area (Å²) in [6.45, 7) is 0. The van der Waals surface area contributed by atoms with Gasteiger partial charge in [0, 0.05) is 21.4 Å². The fraction of sp³-hybridized carbons (Fsp3) is 0.0769. The second-order valence-corrected chi connectivity index (χ2v) is 5.19. The Bertz CT molecular complexity index is 575. The van der Waals surface area contributed by atoms with Gasteiger partial charge in [-0.2, -0.15) is 0 Å². The Morgan fingerprint density at radius 3 is 2.50 bits per heavy atom. The molecule has 1 nitrogen and oxygen atoms in total. The lowest BCUT2D eigenvalue weighted by Crippen LogP contribution is -1.92. The topological polar surface area (TPSA) is 26.0 Å². The lowest BCUT2D eigenvalue weighted by molar-refractivity contribution is 0.506. The van der Waals surface area contributed by atoms with E-state index < -0.39 is 11.6 Å². The highest BCUT2D eigenvalue weighted by molar-refractivity contribution is 7.98. The van der Waals surface area contributed by atoms with Gasteiger partial charge in [-0.25, -0.2) is 8.78 Å². The van der Waals surface area contributed by atoms with Crippen LogP contribution >= 0.6 is 23.4 Å². The van der Waals surface area contributed by atoms with Crippen LogP contribution in [-0.2, 0) is 5.75 Å². The lowest BCUT2D eigenvalue weighted by atomic mass is 10.2. The lowest BCUT2D eigenvalue weighted by Gasteiger charge is -2.06. The van der Waals surface area contributed by atoms with E-state index >= 15 is 0 Å². The first kappa shape index (κ1) is 13.2. The average Bonchev–Trinajstić information content (AvgIpc) is 2.32.